The number of thiazole rings is 1. The highest BCUT2D eigenvalue weighted by Gasteiger charge is 2.51. The third-order valence-electron chi connectivity index (χ3n) is 6.81. The number of fused-ring (bicyclic) bond motifs is 1. The van der Waals surface area contributed by atoms with E-state index in [-0.39, 0.29) is 6.42 Å². The van der Waals surface area contributed by atoms with Crippen molar-refractivity contribution >= 4 is 33.3 Å². The quantitative estimate of drug-likeness (QED) is 0.264. The zero-order valence-corrected chi connectivity index (χ0v) is 20.8. The van der Waals surface area contributed by atoms with Crippen LogP contribution in [0.3, 0.4) is 0 Å². The number of aromatic nitrogens is 4. The van der Waals surface area contributed by atoms with Crippen molar-refractivity contribution in [3.8, 4) is 22.9 Å². The van der Waals surface area contributed by atoms with E-state index in [1.54, 1.807) is 6.20 Å². The van der Waals surface area contributed by atoms with Crippen LogP contribution in [0.2, 0.25) is 0 Å². The molecule has 0 saturated heterocycles. The number of nitrogens with one attached hydrogen (secondary N) is 2. The number of aliphatic hydroxyl groups excluding tert-OH is 2. The maximum atomic E-state index is 14.1. The van der Waals surface area contributed by atoms with Gasteiger partial charge in [-0.05, 0) is 39.2 Å². The Kier molecular flexibility index (Phi) is 6.53. The second kappa shape index (κ2) is 9.50. The Morgan fingerprint density at radius 2 is 2.00 bits per heavy atom. The number of alkyl halides is 2. The third kappa shape index (κ3) is 4.73. The van der Waals surface area contributed by atoms with E-state index in [0.717, 1.165) is 35.7 Å². The fourth-order valence-corrected chi connectivity index (χ4v) is 5.82. The zero-order chi connectivity index (χ0) is 25.6. The normalized spacial score (nSPS) is 24.1. The topological polar surface area (TPSA) is 116 Å². The van der Waals surface area contributed by atoms with E-state index in [0.29, 0.717) is 46.9 Å². The molecule has 4 N–H and O–H groups in total. The lowest BCUT2D eigenvalue weighted by Crippen LogP contribution is -2.38. The molecule has 0 aliphatic heterocycles. The highest BCUT2D eigenvalue weighted by molar-refractivity contribution is 7.21. The molecule has 5 rings (SSSR count). The van der Waals surface area contributed by atoms with Gasteiger partial charge in [0.2, 0.25) is 5.95 Å². The average Bonchev–Trinajstić information content (AvgIpc) is 3.51. The number of rotatable bonds is 8. The lowest BCUT2D eigenvalue weighted by atomic mass is 9.98. The number of nitrogens with zero attached hydrogens (tertiary/aromatic N) is 4. The SMILES string of the molecule is C#CCCNc1nc(C)c(-c2nc3c(C4CC4)nccc3s2)c(N[C@@H]2C[C@H](C(C)(F)F)[C@@H](O)[C@H]2O)n1. The first-order chi connectivity index (χ1) is 17.2. The molecule has 2 aliphatic carbocycles. The summed E-state index contributed by atoms with van der Waals surface area (Å²) in [5.74, 6) is -0.875. The van der Waals surface area contributed by atoms with Crippen molar-refractivity contribution in [2.45, 2.75) is 69.6 Å². The maximum absolute atomic E-state index is 14.1. The summed E-state index contributed by atoms with van der Waals surface area (Å²) in [6, 6.07) is 1.09. The van der Waals surface area contributed by atoms with Crippen LogP contribution in [-0.4, -0.2) is 60.9 Å². The molecule has 36 heavy (non-hydrogen) atoms. The number of pyridine rings is 1. The largest absolute Gasteiger partial charge is 0.390 e. The molecule has 0 amide bonds. The van der Waals surface area contributed by atoms with Crippen LogP contribution in [-0.2, 0) is 0 Å². The third-order valence-corrected chi connectivity index (χ3v) is 7.85. The minimum Gasteiger partial charge on any atom is -0.390 e. The van der Waals surface area contributed by atoms with Gasteiger partial charge in [-0.25, -0.2) is 18.7 Å². The first-order valence-corrected chi connectivity index (χ1v) is 12.8. The molecule has 0 aromatic carbocycles. The van der Waals surface area contributed by atoms with Crippen LogP contribution in [0.5, 0.6) is 0 Å². The van der Waals surface area contributed by atoms with Gasteiger partial charge in [-0.15, -0.1) is 23.7 Å². The number of hydrogen-bond acceptors (Lipinski definition) is 9. The van der Waals surface area contributed by atoms with Crippen LogP contribution in [0.25, 0.3) is 20.8 Å². The van der Waals surface area contributed by atoms with Crippen LogP contribution in [0, 0.1) is 25.2 Å². The summed E-state index contributed by atoms with van der Waals surface area (Å²) in [4.78, 5) is 18.6. The number of aryl methyl sites for hydroxylation is 1. The van der Waals surface area contributed by atoms with E-state index in [9.17, 15) is 19.0 Å². The molecule has 0 radical (unpaired) electrons. The Hall–Kier alpha value is -2.94. The highest BCUT2D eigenvalue weighted by atomic mass is 32.1. The predicted octanol–water partition coefficient (Wildman–Crippen LogP) is 3.95. The van der Waals surface area contributed by atoms with Crippen molar-refractivity contribution in [2.75, 3.05) is 17.2 Å². The number of halogens is 2. The van der Waals surface area contributed by atoms with Crippen molar-refractivity contribution < 1.29 is 19.0 Å². The minimum absolute atomic E-state index is 0.121. The van der Waals surface area contributed by atoms with Crippen LogP contribution in [0.4, 0.5) is 20.5 Å². The van der Waals surface area contributed by atoms with Gasteiger partial charge in [-0.1, -0.05) is 0 Å². The molecule has 3 heterocycles. The van der Waals surface area contributed by atoms with E-state index in [4.69, 9.17) is 11.4 Å². The summed E-state index contributed by atoms with van der Waals surface area (Å²) in [6.45, 7) is 3.04. The highest BCUT2D eigenvalue weighted by Crippen LogP contribution is 2.45. The molecule has 11 heteroatoms. The van der Waals surface area contributed by atoms with Crippen LogP contribution in [0.1, 0.15) is 49.9 Å². The lowest BCUT2D eigenvalue weighted by Gasteiger charge is -2.22. The summed E-state index contributed by atoms with van der Waals surface area (Å²) >= 11 is 1.48. The molecule has 0 unspecified atom stereocenters. The van der Waals surface area contributed by atoms with E-state index >= 15 is 0 Å². The van der Waals surface area contributed by atoms with E-state index in [1.807, 2.05) is 13.0 Å². The minimum atomic E-state index is -3.14. The summed E-state index contributed by atoms with van der Waals surface area (Å²) in [7, 11) is 0. The van der Waals surface area contributed by atoms with Gasteiger partial charge in [0.1, 0.15) is 22.4 Å². The fraction of sp³-hybridized carbons (Fsp3) is 0.520. The monoisotopic (exact) mass is 514 g/mol. The molecule has 3 aromatic heterocycles. The van der Waals surface area contributed by atoms with Crippen molar-refractivity contribution in [1.82, 2.24) is 19.9 Å². The van der Waals surface area contributed by atoms with Crippen LogP contribution >= 0.6 is 11.3 Å². The lowest BCUT2D eigenvalue weighted by molar-refractivity contribution is -0.0950. The summed E-state index contributed by atoms with van der Waals surface area (Å²) in [5, 5.41) is 27.8. The molecule has 4 atom stereocenters. The van der Waals surface area contributed by atoms with Gasteiger partial charge in [0, 0.05) is 25.1 Å². The number of anilines is 2. The Labute approximate surface area is 211 Å². The van der Waals surface area contributed by atoms with Crippen molar-refractivity contribution in [3.63, 3.8) is 0 Å². The Morgan fingerprint density at radius 1 is 1.22 bits per heavy atom. The van der Waals surface area contributed by atoms with Crippen molar-refractivity contribution in [1.29, 1.82) is 0 Å². The second-order valence-corrected chi connectivity index (χ2v) is 10.6. The molecule has 2 saturated carbocycles. The molecule has 0 spiro atoms. The number of terminal acetylenes is 1. The van der Waals surface area contributed by atoms with Gasteiger partial charge >= 0.3 is 0 Å². The van der Waals surface area contributed by atoms with Gasteiger partial charge in [0.05, 0.1) is 39.7 Å². The average molecular weight is 515 g/mol. The number of hydrogen-bond donors (Lipinski definition) is 4. The first kappa shape index (κ1) is 24.7. The molecular formula is C25H28F2N6O2S. The van der Waals surface area contributed by atoms with Gasteiger partial charge < -0.3 is 20.8 Å². The summed E-state index contributed by atoms with van der Waals surface area (Å²) < 4.78 is 29.1. The summed E-state index contributed by atoms with van der Waals surface area (Å²) in [6.07, 6.45) is 6.73. The standard InChI is InChI=1S/C25H28F2N6O2S/c1-4-5-9-29-24-30-12(2)17(23-32-19-16(36-23)8-10-28-18(19)13-6-7-13)22(33-24)31-15-11-14(25(3,26)27)20(34)21(15)35/h1,8,10,13-15,20-21,34-35H,5-7,9,11H2,2-3H3,(H2,29,30,31,33)/t14-,15+,20+,21-/m0/s1. The number of aliphatic hydroxyl groups is 2. The molecule has 2 fully saturated rings. The van der Waals surface area contributed by atoms with E-state index in [2.05, 4.69) is 31.5 Å². The maximum Gasteiger partial charge on any atom is 0.250 e. The molecular weight excluding hydrogens is 486 g/mol. The van der Waals surface area contributed by atoms with Crippen molar-refractivity contribution in [2.24, 2.45) is 5.92 Å². The Bertz CT molecular complexity index is 1320. The van der Waals surface area contributed by atoms with Gasteiger partial charge in [-0.2, -0.15) is 4.98 Å². The zero-order valence-electron chi connectivity index (χ0n) is 20.0. The van der Waals surface area contributed by atoms with Crippen molar-refractivity contribution in [3.05, 3.63) is 23.7 Å². The van der Waals surface area contributed by atoms with Crippen LogP contribution in [0.15, 0.2) is 12.3 Å². The van der Waals surface area contributed by atoms with Gasteiger partial charge in [-0.3, -0.25) is 4.98 Å². The summed E-state index contributed by atoms with van der Waals surface area (Å²) in [5.41, 5.74) is 3.08. The Morgan fingerprint density at radius 3 is 2.67 bits per heavy atom. The van der Waals surface area contributed by atoms with E-state index < -0.39 is 30.1 Å². The molecule has 190 valence electrons. The van der Waals surface area contributed by atoms with E-state index in [1.165, 1.54) is 11.3 Å². The van der Waals surface area contributed by atoms with Crippen LogP contribution < -0.4 is 10.6 Å². The first-order valence-electron chi connectivity index (χ1n) is 12.0. The molecule has 0 bridgehead atoms. The molecule has 3 aromatic rings. The van der Waals surface area contributed by atoms with Gasteiger partial charge in [0.15, 0.2) is 0 Å². The predicted molar refractivity (Wildman–Crippen MR) is 135 cm³/mol. The molecule has 8 nitrogen and oxygen atoms in total. The smallest absolute Gasteiger partial charge is 0.250 e. The fourth-order valence-electron chi connectivity index (χ4n) is 4.75. The van der Waals surface area contributed by atoms with Gasteiger partial charge in [0.25, 0.3) is 5.92 Å². The second-order valence-electron chi connectivity index (χ2n) is 9.60. The Balaban J connectivity index is 1.55. The molecule has 2 aliphatic rings.